The molecule has 0 aliphatic heterocycles. The van der Waals surface area contributed by atoms with Crippen LogP contribution >= 0.6 is 11.3 Å². The lowest BCUT2D eigenvalue weighted by atomic mass is 9.75. The monoisotopic (exact) mass is 465 g/mol. The Morgan fingerprint density at radius 1 is 0.971 bits per heavy atom. The normalized spacial score (nSPS) is 13.2. The third kappa shape index (κ3) is 4.70. The van der Waals surface area contributed by atoms with Crippen molar-refractivity contribution in [1.82, 2.24) is 14.9 Å². The topological polar surface area (TPSA) is 29.9 Å². The van der Waals surface area contributed by atoms with Crippen molar-refractivity contribution in [2.24, 2.45) is 0 Å². The smallest absolute Gasteiger partial charge is 0.0956 e. The summed E-state index contributed by atoms with van der Waals surface area (Å²) in [6, 6.07) is 29.1. The maximum Gasteiger partial charge on any atom is 0.0956 e. The zero-order chi connectivity index (χ0) is 23.2. The van der Waals surface area contributed by atoms with E-state index < -0.39 is 0 Å². The Kier molecular flexibility index (Phi) is 6.89. The molecule has 3 aromatic carbocycles. The van der Waals surface area contributed by atoms with Crippen molar-refractivity contribution >= 4 is 21.4 Å². The zero-order valence-corrected chi connectivity index (χ0v) is 20.5. The molecule has 1 N–H and O–H groups in total. The molecule has 0 saturated heterocycles. The molecule has 3 nitrogen and oxygen atoms in total. The summed E-state index contributed by atoms with van der Waals surface area (Å²) in [6.45, 7) is 2.94. The van der Waals surface area contributed by atoms with E-state index in [0.29, 0.717) is 6.67 Å². The van der Waals surface area contributed by atoms with Crippen molar-refractivity contribution in [2.45, 2.75) is 44.8 Å². The van der Waals surface area contributed by atoms with Crippen molar-refractivity contribution in [3.63, 3.8) is 0 Å². The molecule has 1 unspecified atom stereocenters. The molecule has 2 heterocycles. The van der Waals surface area contributed by atoms with Gasteiger partial charge in [0.1, 0.15) is 0 Å². The molecule has 4 heteroatoms. The highest BCUT2D eigenvalue weighted by atomic mass is 32.1. The summed E-state index contributed by atoms with van der Waals surface area (Å²) in [5, 5.41) is 7.50. The van der Waals surface area contributed by atoms with Crippen molar-refractivity contribution in [3.05, 3.63) is 125 Å². The number of hydrogen-bond acceptors (Lipinski definition) is 3. The molecule has 0 saturated carbocycles. The average Bonchev–Trinajstić information content (AvgIpc) is 3.58. The standard InChI is InChI=1S/C30H31N3S/c1-2-3-9-25-10-7-8-13-28(25)30(27-11-5-4-6-12-27,32-23-33-18-17-31-22-33)21-24-14-15-29-26(20-24)16-19-34-29/h4-8,10-20,22,32H,2-3,9,21,23H2,1H3. The summed E-state index contributed by atoms with van der Waals surface area (Å²) in [5.41, 5.74) is 5.02. The van der Waals surface area contributed by atoms with E-state index in [1.54, 1.807) is 11.3 Å². The molecule has 0 fully saturated rings. The van der Waals surface area contributed by atoms with E-state index in [1.807, 2.05) is 18.7 Å². The molecule has 0 aliphatic carbocycles. The number of nitrogens with zero attached hydrogens (tertiary/aromatic N) is 2. The summed E-state index contributed by atoms with van der Waals surface area (Å²) in [6.07, 6.45) is 10.0. The Labute approximate surface area is 206 Å². The number of imidazole rings is 1. The Hall–Kier alpha value is -3.21. The van der Waals surface area contributed by atoms with Crippen molar-refractivity contribution in [3.8, 4) is 0 Å². The first-order chi connectivity index (χ1) is 16.8. The van der Waals surface area contributed by atoms with Crippen LogP contribution in [-0.4, -0.2) is 9.55 Å². The second kappa shape index (κ2) is 10.4. The number of rotatable bonds is 10. The van der Waals surface area contributed by atoms with Gasteiger partial charge in [0.2, 0.25) is 0 Å². The van der Waals surface area contributed by atoms with Gasteiger partial charge in [-0.1, -0.05) is 80.1 Å². The van der Waals surface area contributed by atoms with Gasteiger partial charge in [0.15, 0.2) is 0 Å². The molecule has 0 amide bonds. The summed E-state index contributed by atoms with van der Waals surface area (Å²) < 4.78 is 3.44. The van der Waals surface area contributed by atoms with Crippen LogP contribution in [0.1, 0.15) is 42.0 Å². The molecule has 0 spiro atoms. The number of fused-ring (bicyclic) bond motifs is 1. The van der Waals surface area contributed by atoms with Gasteiger partial charge < -0.3 is 4.57 Å². The molecule has 0 radical (unpaired) electrons. The fraction of sp³-hybridized carbons (Fsp3) is 0.233. The van der Waals surface area contributed by atoms with Crippen LogP contribution in [0.15, 0.2) is 103 Å². The van der Waals surface area contributed by atoms with Gasteiger partial charge in [-0.05, 0) is 64.4 Å². The van der Waals surface area contributed by atoms with E-state index in [-0.39, 0.29) is 5.54 Å². The Morgan fingerprint density at radius 3 is 2.65 bits per heavy atom. The number of aryl methyl sites for hydroxylation is 1. The molecule has 0 bridgehead atoms. The third-order valence-corrected chi connectivity index (χ3v) is 7.55. The van der Waals surface area contributed by atoms with Gasteiger partial charge >= 0.3 is 0 Å². The van der Waals surface area contributed by atoms with Crippen LogP contribution in [0, 0.1) is 0 Å². The second-order valence-electron chi connectivity index (χ2n) is 8.91. The van der Waals surface area contributed by atoms with Crippen LogP contribution in [0.5, 0.6) is 0 Å². The minimum Gasteiger partial charge on any atom is -0.324 e. The molecule has 5 rings (SSSR count). The summed E-state index contributed by atoms with van der Waals surface area (Å²) in [7, 11) is 0. The van der Waals surface area contributed by atoms with E-state index in [1.165, 1.54) is 45.2 Å². The minimum atomic E-state index is -0.375. The van der Waals surface area contributed by atoms with Crippen LogP contribution in [0.25, 0.3) is 10.1 Å². The van der Waals surface area contributed by atoms with Crippen LogP contribution in [0.2, 0.25) is 0 Å². The summed E-state index contributed by atoms with van der Waals surface area (Å²) >= 11 is 1.80. The van der Waals surface area contributed by atoms with Crippen LogP contribution in [0.4, 0.5) is 0 Å². The van der Waals surface area contributed by atoms with Gasteiger partial charge in [-0.15, -0.1) is 11.3 Å². The number of hydrogen-bond donors (Lipinski definition) is 1. The van der Waals surface area contributed by atoms with Gasteiger partial charge in [-0.25, -0.2) is 4.98 Å². The van der Waals surface area contributed by atoms with E-state index in [2.05, 4.69) is 106 Å². The average molecular weight is 466 g/mol. The van der Waals surface area contributed by atoms with Crippen molar-refractivity contribution in [2.75, 3.05) is 0 Å². The lowest BCUT2D eigenvalue weighted by Gasteiger charge is -2.38. The SMILES string of the molecule is CCCCc1ccccc1C(Cc1ccc2sccc2c1)(NCn1ccnc1)c1ccccc1. The highest BCUT2D eigenvalue weighted by Crippen LogP contribution is 2.37. The molecule has 0 aliphatic rings. The largest absolute Gasteiger partial charge is 0.324 e. The van der Waals surface area contributed by atoms with Crippen LogP contribution in [-0.2, 0) is 25.0 Å². The molecule has 2 aromatic heterocycles. The summed E-state index contributed by atoms with van der Waals surface area (Å²) in [4.78, 5) is 4.26. The second-order valence-corrected chi connectivity index (χ2v) is 9.86. The van der Waals surface area contributed by atoms with Crippen molar-refractivity contribution in [1.29, 1.82) is 0 Å². The number of thiophene rings is 1. The van der Waals surface area contributed by atoms with Crippen molar-refractivity contribution < 1.29 is 0 Å². The molecular weight excluding hydrogens is 434 g/mol. The third-order valence-electron chi connectivity index (χ3n) is 6.65. The highest BCUT2D eigenvalue weighted by molar-refractivity contribution is 7.17. The first kappa shape index (κ1) is 22.6. The Morgan fingerprint density at radius 2 is 1.82 bits per heavy atom. The number of unbranched alkanes of at least 4 members (excludes halogenated alkanes) is 1. The minimum absolute atomic E-state index is 0.375. The molecule has 1 atom stereocenters. The van der Waals surface area contributed by atoms with Gasteiger partial charge in [0, 0.05) is 17.1 Å². The number of nitrogens with one attached hydrogen (secondary N) is 1. The van der Waals surface area contributed by atoms with Crippen LogP contribution in [0.3, 0.4) is 0 Å². The highest BCUT2D eigenvalue weighted by Gasteiger charge is 2.36. The Bertz CT molecular complexity index is 1320. The van der Waals surface area contributed by atoms with E-state index >= 15 is 0 Å². The summed E-state index contributed by atoms with van der Waals surface area (Å²) in [5.74, 6) is 0. The lowest BCUT2D eigenvalue weighted by Crippen LogP contribution is -2.46. The first-order valence-corrected chi connectivity index (χ1v) is 13.0. The molecular formula is C30H31N3S. The quantitative estimate of drug-likeness (QED) is 0.237. The predicted molar refractivity (Wildman–Crippen MR) is 143 cm³/mol. The fourth-order valence-corrected chi connectivity index (χ4v) is 5.67. The fourth-order valence-electron chi connectivity index (χ4n) is 4.90. The molecule has 172 valence electrons. The number of benzene rings is 3. The van der Waals surface area contributed by atoms with Gasteiger partial charge in [-0.3, -0.25) is 5.32 Å². The first-order valence-electron chi connectivity index (χ1n) is 12.1. The number of aromatic nitrogens is 2. The zero-order valence-electron chi connectivity index (χ0n) is 19.7. The molecule has 5 aromatic rings. The van der Waals surface area contributed by atoms with Gasteiger partial charge in [0.25, 0.3) is 0 Å². The van der Waals surface area contributed by atoms with E-state index in [0.717, 1.165) is 12.8 Å². The van der Waals surface area contributed by atoms with Crippen LogP contribution < -0.4 is 5.32 Å². The van der Waals surface area contributed by atoms with Gasteiger partial charge in [-0.2, -0.15) is 0 Å². The Balaban J connectivity index is 1.67. The molecule has 34 heavy (non-hydrogen) atoms. The van der Waals surface area contributed by atoms with E-state index in [4.69, 9.17) is 0 Å². The van der Waals surface area contributed by atoms with Gasteiger partial charge in [0.05, 0.1) is 18.5 Å². The maximum atomic E-state index is 4.26. The van der Waals surface area contributed by atoms with E-state index in [9.17, 15) is 0 Å². The maximum absolute atomic E-state index is 4.26. The lowest BCUT2D eigenvalue weighted by molar-refractivity contribution is 0.353. The predicted octanol–water partition coefficient (Wildman–Crippen LogP) is 7.17.